The average Bonchev–Trinajstić information content (AvgIpc) is 3.23. The summed E-state index contributed by atoms with van der Waals surface area (Å²) in [5.74, 6) is -1.57. The van der Waals surface area contributed by atoms with E-state index >= 15 is 0 Å². The molecule has 2 aliphatic carbocycles. The van der Waals surface area contributed by atoms with Crippen LogP contribution in [0.2, 0.25) is 0 Å². The minimum atomic E-state index is -0.824. The average molecular weight is 346 g/mol. The minimum Gasteiger partial charge on any atom is -0.481 e. The van der Waals surface area contributed by atoms with Crippen LogP contribution in [0.3, 0.4) is 0 Å². The fraction of sp³-hybridized carbons (Fsp3) is 0.579. The topological polar surface area (TPSA) is 60.9 Å². The van der Waals surface area contributed by atoms with Gasteiger partial charge in [-0.15, -0.1) is 0 Å². The van der Waals surface area contributed by atoms with Gasteiger partial charge in [-0.25, -0.2) is 4.39 Å². The Hall–Kier alpha value is -2.11. The molecular weight excluding hydrogens is 323 g/mol. The number of hydrogen-bond acceptors (Lipinski definition) is 3. The molecule has 3 fully saturated rings. The Balaban J connectivity index is 1.43. The van der Waals surface area contributed by atoms with Gasteiger partial charge in [-0.2, -0.15) is 0 Å². The third kappa shape index (κ3) is 2.77. The smallest absolute Gasteiger partial charge is 0.307 e. The summed E-state index contributed by atoms with van der Waals surface area (Å²) in [6.45, 7) is 2.19. The van der Waals surface area contributed by atoms with Crippen molar-refractivity contribution in [3.8, 4) is 0 Å². The van der Waals surface area contributed by atoms with Crippen LogP contribution in [0.25, 0.3) is 0 Å². The monoisotopic (exact) mass is 346 g/mol. The molecule has 5 nitrogen and oxygen atoms in total. The lowest BCUT2D eigenvalue weighted by molar-refractivity contribution is -0.153. The molecule has 0 spiro atoms. The molecule has 25 heavy (non-hydrogen) atoms. The van der Waals surface area contributed by atoms with Gasteiger partial charge in [0.1, 0.15) is 5.82 Å². The van der Waals surface area contributed by atoms with Gasteiger partial charge in [0.25, 0.3) is 0 Å². The number of hydrogen-bond donors (Lipinski definition) is 1. The number of benzene rings is 1. The highest BCUT2D eigenvalue weighted by molar-refractivity contribution is 5.86. The first-order valence-electron chi connectivity index (χ1n) is 9.07. The highest BCUT2D eigenvalue weighted by Gasteiger charge is 2.54. The summed E-state index contributed by atoms with van der Waals surface area (Å²) in [5.41, 5.74) is 0.568. The van der Waals surface area contributed by atoms with E-state index in [0.29, 0.717) is 31.9 Å². The van der Waals surface area contributed by atoms with E-state index in [9.17, 15) is 19.1 Å². The Morgan fingerprint density at radius 2 is 1.64 bits per heavy atom. The molecule has 1 aromatic carbocycles. The number of piperazine rings is 1. The number of aliphatic carboxylic acids is 1. The lowest BCUT2D eigenvalue weighted by Gasteiger charge is -2.39. The van der Waals surface area contributed by atoms with Crippen molar-refractivity contribution in [2.45, 2.75) is 19.3 Å². The van der Waals surface area contributed by atoms with Crippen LogP contribution in [-0.4, -0.2) is 48.1 Å². The summed E-state index contributed by atoms with van der Waals surface area (Å²) >= 11 is 0. The van der Waals surface area contributed by atoms with Crippen molar-refractivity contribution in [3.63, 3.8) is 0 Å². The highest BCUT2D eigenvalue weighted by Crippen LogP contribution is 2.53. The van der Waals surface area contributed by atoms with Crippen molar-refractivity contribution in [1.29, 1.82) is 0 Å². The first-order chi connectivity index (χ1) is 12.1. The summed E-state index contributed by atoms with van der Waals surface area (Å²) in [4.78, 5) is 28.4. The fourth-order valence-electron chi connectivity index (χ4n) is 5.09. The van der Waals surface area contributed by atoms with Crippen LogP contribution in [0.5, 0.6) is 0 Å². The third-order valence-corrected chi connectivity index (χ3v) is 6.27. The summed E-state index contributed by atoms with van der Waals surface area (Å²) in [5, 5.41) is 9.55. The fourth-order valence-corrected chi connectivity index (χ4v) is 5.09. The Labute approximate surface area is 146 Å². The van der Waals surface area contributed by atoms with Crippen molar-refractivity contribution in [2.75, 3.05) is 31.1 Å². The zero-order chi connectivity index (χ0) is 17.6. The summed E-state index contributed by atoms with van der Waals surface area (Å²) in [6, 6.07) is 6.67. The molecule has 134 valence electrons. The second-order valence-electron chi connectivity index (χ2n) is 7.49. The van der Waals surface area contributed by atoms with Gasteiger partial charge in [-0.3, -0.25) is 9.59 Å². The molecule has 1 aliphatic heterocycles. The molecule has 1 aromatic rings. The quantitative estimate of drug-likeness (QED) is 0.912. The summed E-state index contributed by atoms with van der Waals surface area (Å²) in [6.07, 6.45) is 2.79. The van der Waals surface area contributed by atoms with Gasteiger partial charge in [0.15, 0.2) is 0 Å². The number of anilines is 1. The maximum absolute atomic E-state index is 13.9. The predicted octanol–water partition coefficient (Wildman–Crippen LogP) is 2.22. The van der Waals surface area contributed by atoms with Gasteiger partial charge in [0.05, 0.1) is 17.5 Å². The molecule has 6 heteroatoms. The lowest BCUT2D eigenvalue weighted by atomic mass is 9.78. The number of amides is 1. The SMILES string of the molecule is O=C(O)[C@@H]1[C@H]2CC[C@@H](C2)[C@H]1C(=O)N1CCN(c2ccccc2F)CC1. The van der Waals surface area contributed by atoms with Gasteiger partial charge < -0.3 is 14.9 Å². The number of carbonyl (C=O) groups is 2. The number of fused-ring (bicyclic) bond motifs is 2. The maximum atomic E-state index is 13.9. The Kier molecular flexibility index (Phi) is 4.13. The van der Waals surface area contributed by atoms with Gasteiger partial charge in [-0.05, 0) is 43.2 Å². The van der Waals surface area contributed by atoms with E-state index < -0.39 is 11.9 Å². The number of rotatable bonds is 3. The van der Waals surface area contributed by atoms with Crippen LogP contribution in [-0.2, 0) is 9.59 Å². The van der Waals surface area contributed by atoms with E-state index in [1.807, 2.05) is 11.0 Å². The second-order valence-corrected chi connectivity index (χ2v) is 7.49. The van der Waals surface area contributed by atoms with Crippen molar-refractivity contribution in [1.82, 2.24) is 4.90 Å². The largest absolute Gasteiger partial charge is 0.481 e. The Morgan fingerprint density at radius 3 is 2.28 bits per heavy atom. The van der Waals surface area contributed by atoms with Gasteiger partial charge >= 0.3 is 5.97 Å². The number of nitrogens with zero attached hydrogens (tertiary/aromatic N) is 2. The zero-order valence-electron chi connectivity index (χ0n) is 14.1. The first kappa shape index (κ1) is 16.4. The molecule has 0 radical (unpaired) electrons. The molecule has 1 saturated heterocycles. The number of carboxylic acid groups (broad SMARTS) is 1. The number of carboxylic acids is 1. The predicted molar refractivity (Wildman–Crippen MR) is 90.6 cm³/mol. The molecule has 3 aliphatic rings. The van der Waals surface area contributed by atoms with Crippen LogP contribution in [0.15, 0.2) is 24.3 Å². The van der Waals surface area contributed by atoms with E-state index in [4.69, 9.17) is 0 Å². The van der Waals surface area contributed by atoms with Crippen LogP contribution in [0, 0.1) is 29.5 Å². The van der Waals surface area contributed by atoms with E-state index in [2.05, 4.69) is 0 Å². The second kappa shape index (κ2) is 6.32. The summed E-state index contributed by atoms with van der Waals surface area (Å²) in [7, 11) is 0. The van der Waals surface area contributed by atoms with Gasteiger partial charge in [0, 0.05) is 26.2 Å². The minimum absolute atomic E-state index is 0.00668. The number of halogens is 1. The molecule has 1 N–H and O–H groups in total. The van der Waals surface area contributed by atoms with E-state index in [-0.39, 0.29) is 29.5 Å². The normalized spacial score (nSPS) is 31.4. The van der Waals surface area contributed by atoms with E-state index in [1.54, 1.807) is 17.0 Å². The van der Waals surface area contributed by atoms with Crippen LogP contribution in [0.1, 0.15) is 19.3 Å². The Morgan fingerprint density at radius 1 is 1.00 bits per heavy atom. The van der Waals surface area contributed by atoms with Crippen molar-refractivity contribution in [2.24, 2.45) is 23.7 Å². The highest BCUT2D eigenvalue weighted by atomic mass is 19.1. The van der Waals surface area contributed by atoms with Gasteiger partial charge in [0.2, 0.25) is 5.91 Å². The maximum Gasteiger partial charge on any atom is 0.307 e. The van der Waals surface area contributed by atoms with E-state index in [1.165, 1.54) is 6.07 Å². The molecule has 2 saturated carbocycles. The molecule has 1 amide bonds. The van der Waals surface area contributed by atoms with Crippen LogP contribution >= 0.6 is 0 Å². The molecule has 1 heterocycles. The van der Waals surface area contributed by atoms with Crippen molar-refractivity contribution < 1.29 is 19.1 Å². The molecule has 0 aromatic heterocycles. The van der Waals surface area contributed by atoms with Crippen LogP contribution < -0.4 is 4.90 Å². The molecule has 4 rings (SSSR count). The summed E-state index contributed by atoms with van der Waals surface area (Å²) < 4.78 is 13.9. The lowest BCUT2D eigenvalue weighted by Crippen LogP contribution is -2.52. The molecule has 4 atom stereocenters. The first-order valence-corrected chi connectivity index (χ1v) is 9.07. The van der Waals surface area contributed by atoms with Crippen LogP contribution in [0.4, 0.5) is 10.1 Å². The van der Waals surface area contributed by atoms with Crippen molar-refractivity contribution >= 4 is 17.6 Å². The van der Waals surface area contributed by atoms with E-state index in [0.717, 1.165) is 19.3 Å². The zero-order valence-corrected chi connectivity index (χ0v) is 14.1. The molecule has 2 bridgehead atoms. The van der Waals surface area contributed by atoms with Crippen molar-refractivity contribution in [3.05, 3.63) is 30.1 Å². The Bertz CT molecular complexity index is 687. The van der Waals surface area contributed by atoms with Gasteiger partial charge in [-0.1, -0.05) is 12.1 Å². The molecular formula is C19H23FN2O3. The number of carbonyl (C=O) groups excluding carboxylic acids is 1. The number of para-hydroxylation sites is 1. The third-order valence-electron chi connectivity index (χ3n) is 6.27. The standard InChI is InChI=1S/C19H23FN2O3/c20-14-3-1-2-4-15(14)21-7-9-22(10-8-21)18(23)16-12-5-6-13(11-12)17(16)19(24)25/h1-4,12-13,16-17H,5-11H2,(H,24,25)/t12-,13-,16+,17+/m0/s1. The molecule has 0 unspecified atom stereocenters.